The molecule has 2 aliphatic heterocycles. The Morgan fingerprint density at radius 1 is 0.743 bits per heavy atom. The zero-order valence-corrected chi connectivity index (χ0v) is 19.4. The zero-order chi connectivity index (χ0) is 25.0. The molecule has 0 aromatic heterocycles. The van der Waals surface area contributed by atoms with Crippen molar-refractivity contribution in [1.82, 2.24) is 4.31 Å². The molecule has 1 saturated heterocycles. The number of fused-ring (bicyclic) bond motifs is 1. The minimum Gasteiger partial charge on any atom is -0.440 e. The highest BCUT2D eigenvalue weighted by molar-refractivity contribution is 7.99. The van der Waals surface area contributed by atoms with E-state index in [9.17, 15) is 26.0 Å². The van der Waals surface area contributed by atoms with Crippen molar-refractivity contribution >= 4 is 21.8 Å². The summed E-state index contributed by atoms with van der Waals surface area (Å²) >= 11 is 1.56. The third-order valence-electron chi connectivity index (χ3n) is 5.66. The van der Waals surface area contributed by atoms with Gasteiger partial charge in [-0.05, 0) is 24.3 Å². The van der Waals surface area contributed by atoms with E-state index in [-0.39, 0.29) is 24.6 Å². The average molecular weight is 530 g/mol. The molecule has 2 aliphatic rings. The first kappa shape index (κ1) is 23.9. The predicted molar refractivity (Wildman–Crippen MR) is 117 cm³/mol. The van der Waals surface area contributed by atoms with Gasteiger partial charge in [-0.2, -0.15) is 16.1 Å². The number of thioether (sulfide) groups is 1. The lowest BCUT2D eigenvalue weighted by molar-refractivity contribution is -0.0516. The fraction of sp³-hybridized carbons (Fsp3) is 0.217. The molecule has 0 spiro atoms. The third kappa shape index (κ3) is 4.03. The van der Waals surface area contributed by atoms with E-state index in [0.717, 1.165) is 40.7 Å². The maximum absolute atomic E-state index is 15.0. The molecule has 3 aromatic rings. The summed E-state index contributed by atoms with van der Waals surface area (Å²) < 4.78 is 111. The highest BCUT2D eigenvalue weighted by Gasteiger charge is 2.50. The summed E-state index contributed by atoms with van der Waals surface area (Å²) in [5.41, 5.74) is -0.975. The van der Waals surface area contributed by atoms with Crippen molar-refractivity contribution in [3.05, 3.63) is 88.7 Å². The molecule has 0 unspecified atom stereocenters. The number of rotatable bonds is 4. The first-order chi connectivity index (χ1) is 16.6. The molecule has 5 nitrogen and oxygen atoms in total. The van der Waals surface area contributed by atoms with Gasteiger partial charge >= 0.3 is 5.79 Å². The molecule has 3 aromatic carbocycles. The minimum absolute atomic E-state index is 0.187. The van der Waals surface area contributed by atoms with Crippen LogP contribution in [0.1, 0.15) is 11.1 Å². The van der Waals surface area contributed by atoms with Crippen LogP contribution in [-0.2, 0) is 15.8 Å². The summed E-state index contributed by atoms with van der Waals surface area (Å²) in [6.45, 7) is 0.374. The molecule has 0 N–H and O–H groups in total. The smallest absolute Gasteiger partial charge is 0.311 e. The van der Waals surface area contributed by atoms with Crippen LogP contribution in [-0.4, -0.2) is 37.3 Å². The average Bonchev–Trinajstić information content (AvgIpc) is 3.17. The van der Waals surface area contributed by atoms with Gasteiger partial charge in [-0.15, -0.1) is 0 Å². The van der Waals surface area contributed by atoms with E-state index in [1.807, 2.05) is 0 Å². The van der Waals surface area contributed by atoms with E-state index in [0.29, 0.717) is 23.6 Å². The third-order valence-corrected chi connectivity index (χ3v) is 8.52. The Balaban J connectivity index is 1.66. The van der Waals surface area contributed by atoms with Gasteiger partial charge < -0.3 is 9.47 Å². The molecule has 0 radical (unpaired) electrons. The van der Waals surface area contributed by atoms with Crippen LogP contribution in [0.2, 0.25) is 0 Å². The monoisotopic (exact) mass is 529 g/mol. The van der Waals surface area contributed by atoms with E-state index in [1.165, 1.54) is 0 Å². The summed E-state index contributed by atoms with van der Waals surface area (Å²) in [4.78, 5) is -0.693. The Kier molecular flexibility index (Phi) is 5.93. The van der Waals surface area contributed by atoms with E-state index in [4.69, 9.17) is 9.47 Å². The molecule has 5 rings (SSSR count). The van der Waals surface area contributed by atoms with Crippen molar-refractivity contribution in [3.63, 3.8) is 0 Å². The lowest BCUT2D eigenvalue weighted by atomic mass is 9.96. The van der Waals surface area contributed by atoms with Crippen LogP contribution in [0.5, 0.6) is 11.5 Å². The fourth-order valence-corrected chi connectivity index (χ4v) is 6.65. The van der Waals surface area contributed by atoms with Crippen molar-refractivity contribution in [2.75, 3.05) is 24.6 Å². The molecule has 0 saturated carbocycles. The molecule has 1 fully saturated rings. The first-order valence-corrected chi connectivity index (χ1v) is 12.9. The van der Waals surface area contributed by atoms with Gasteiger partial charge in [0, 0.05) is 48.9 Å². The second-order valence-electron chi connectivity index (χ2n) is 7.81. The van der Waals surface area contributed by atoms with Crippen LogP contribution in [0.4, 0.5) is 22.0 Å². The lowest BCUT2D eigenvalue weighted by Gasteiger charge is -2.29. The van der Waals surface area contributed by atoms with Crippen molar-refractivity contribution in [1.29, 1.82) is 0 Å². The highest BCUT2D eigenvalue weighted by Crippen LogP contribution is 2.50. The summed E-state index contributed by atoms with van der Waals surface area (Å²) in [6, 6.07) is 6.29. The number of ether oxygens (including phenoxy) is 2. The van der Waals surface area contributed by atoms with Crippen LogP contribution >= 0.6 is 11.8 Å². The van der Waals surface area contributed by atoms with Gasteiger partial charge in [-0.3, -0.25) is 0 Å². The van der Waals surface area contributed by atoms with Gasteiger partial charge in [0.15, 0.2) is 11.5 Å². The molecule has 2 heterocycles. The maximum atomic E-state index is 15.0. The summed E-state index contributed by atoms with van der Waals surface area (Å²) in [6.07, 6.45) is 0. The highest BCUT2D eigenvalue weighted by atomic mass is 32.2. The molecular weight excluding hydrogens is 513 g/mol. The molecule has 0 atom stereocenters. The Labute approximate surface area is 201 Å². The van der Waals surface area contributed by atoms with E-state index in [1.54, 1.807) is 11.8 Å². The number of halogens is 5. The second-order valence-corrected chi connectivity index (χ2v) is 10.9. The quantitative estimate of drug-likeness (QED) is 0.455. The Bertz CT molecular complexity index is 1380. The molecule has 12 heteroatoms. The van der Waals surface area contributed by atoms with E-state index >= 15 is 4.39 Å². The number of nitrogens with zero attached hydrogens (tertiary/aromatic N) is 1. The van der Waals surface area contributed by atoms with Gasteiger partial charge in [0.2, 0.25) is 10.0 Å². The summed E-state index contributed by atoms with van der Waals surface area (Å²) in [5, 5.41) is 0. The number of hydrogen-bond donors (Lipinski definition) is 0. The molecule has 35 heavy (non-hydrogen) atoms. The van der Waals surface area contributed by atoms with Crippen molar-refractivity contribution in [3.8, 4) is 11.5 Å². The topological polar surface area (TPSA) is 55.8 Å². The van der Waals surface area contributed by atoms with Crippen LogP contribution in [0, 0.1) is 29.1 Å². The maximum Gasteiger partial charge on any atom is 0.311 e. The van der Waals surface area contributed by atoms with Crippen LogP contribution in [0.15, 0.2) is 53.4 Å². The van der Waals surface area contributed by atoms with Crippen molar-refractivity contribution < 1.29 is 39.8 Å². The van der Waals surface area contributed by atoms with Crippen LogP contribution in [0.3, 0.4) is 0 Å². The second kappa shape index (κ2) is 8.68. The Morgan fingerprint density at radius 3 is 1.77 bits per heavy atom. The van der Waals surface area contributed by atoms with E-state index < -0.39 is 60.9 Å². The van der Waals surface area contributed by atoms with Gasteiger partial charge in [-0.25, -0.2) is 30.4 Å². The van der Waals surface area contributed by atoms with Crippen LogP contribution < -0.4 is 9.47 Å². The number of benzene rings is 3. The molecule has 0 bridgehead atoms. The molecule has 184 valence electrons. The Hall–Kier alpha value is -2.83. The predicted octanol–water partition coefficient (Wildman–Crippen LogP) is 4.79. The standard InChI is InChI=1S/C23H16F5NO4S2/c24-13-1-3-15(17(26)9-13)23(16-4-2-14(25)10-18(16)27)32-20-11-19(28)22(12-21(20)33-23)35(30,31)29-5-7-34-8-6-29/h1-4,9-12H,5-8H2. The lowest BCUT2D eigenvalue weighted by Crippen LogP contribution is -2.39. The summed E-state index contributed by atoms with van der Waals surface area (Å²) in [7, 11) is -4.25. The van der Waals surface area contributed by atoms with Gasteiger partial charge in [0.05, 0.1) is 11.1 Å². The normalized spacial score (nSPS) is 17.5. The fourth-order valence-electron chi connectivity index (χ4n) is 4.01. The largest absolute Gasteiger partial charge is 0.440 e. The van der Waals surface area contributed by atoms with Gasteiger partial charge in [-0.1, -0.05) is 0 Å². The molecular formula is C23H16F5NO4S2. The van der Waals surface area contributed by atoms with Crippen molar-refractivity contribution in [2.24, 2.45) is 0 Å². The number of sulfonamides is 1. The Morgan fingerprint density at radius 2 is 1.26 bits per heavy atom. The molecule has 0 aliphatic carbocycles. The first-order valence-electron chi connectivity index (χ1n) is 10.3. The minimum atomic E-state index is -4.25. The number of hydrogen-bond acceptors (Lipinski definition) is 5. The molecule has 0 amide bonds. The van der Waals surface area contributed by atoms with Crippen LogP contribution in [0.25, 0.3) is 0 Å². The SMILES string of the molecule is O=S(=O)(c1cc2c(cc1F)OC(c1ccc(F)cc1F)(c1ccc(F)cc1F)O2)N1CCSCC1. The zero-order valence-electron chi connectivity index (χ0n) is 17.7. The van der Waals surface area contributed by atoms with Gasteiger partial charge in [0.25, 0.3) is 0 Å². The summed E-state index contributed by atoms with van der Waals surface area (Å²) in [5.74, 6) is -7.40. The van der Waals surface area contributed by atoms with Crippen molar-refractivity contribution in [2.45, 2.75) is 10.7 Å². The van der Waals surface area contributed by atoms with Gasteiger partial charge in [0.1, 0.15) is 34.0 Å². The van der Waals surface area contributed by atoms with E-state index in [2.05, 4.69) is 0 Å².